The minimum atomic E-state index is -3.81. The molecular weight excluding hydrogens is 607 g/mol. The van der Waals surface area contributed by atoms with E-state index in [0.29, 0.717) is 38.1 Å². The number of benzene rings is 1. The molecule has 1 aliphatic heterocycles. The van der Waals surface area contributed by atoms with Gasteiger partial charge in [-0.3, -0.25) is 0 Å². The topological polar surface area (TPSA) is 47.2 Å². The van der Waals surface area contributed by atoms with Gasteiger partial charge < -0.3 is 8.47 Å². The van der Waals surface area contributed by atoms with Crippen LogP contribution in [0.4, 0.5) is 0 Å². The molecule has 0 bridgehead atoms. The zero-order valence-corrected chi connectivity index (χ0v) is 33.2. The Kier molecular flexibility index (Phi) is 10.6. The second kappa shape index (κ2) is 13.3. The third-order valence-corrected chi connectivity index (χ3v) is 27.1. The number of hydrogen-bond acceptors (Lipinski definition) is 2. The molecule has 0 unspecified atom stereocenters. The first-order valence-corrected chi connectivity index (χ1v) is 23.2. The quantitative estimate of drug-likeness (QED) is 0.180. The van der Waals surface area contributed by atoms with Crippen LogP contribution >= 0.6 is 0 Å². The molecule has 1 aliphatic rings. The van der Waals surface area contributed by atoms with Crippen molar-refractivity contribution in [3.05, 3.63) is 77.9 Å². The van der Waals surface area contributed by atoms with E-state index in [9.17, 15) is 0 Å². The Balaban J connectivity index is 2.00. The van der Waals surface area contributed by atoms with E-state index in [1.807, 2.05) is 23.4 Å². The van der Waals surface area contributed by atoms with Crippen molar-refractivity contribution in [3.8, 4) is 0 Å². The summed E-state index contributed by atoms with van der Waals surface area (Å²) in [7, 11) is -8.05. The summed E-state index contributed by atoms with van der Waals surface area (Å²) in [5, 5.41) is 0. The van der Waals surface area contributed by atoms with Crippen LogP contribution in [-0.4, -0.2) is 37.7 Å². The molecule has 45 heavy (non-hydrogen) atoms. The highest BCUT2D eigenvalue weighted by atomic mass is 32.2. The van der Waals surface area contributed by atoms with Gasteiger partial charge in [0.15, 0.2) is 16.5 Å². The molecule has 0 radical (unpaired) electrons. The average molecular weight is 668 g/mol. The number of hydrogen-bond donors (Lipinski definition) is 0. The number of nitrogens with zero attached hydrogens (tertiary/aromatic N) is 3. The van der Waals surface area contributed by atoms with Crippen molar-refractivity contribution < 1.29 is 8.42 Å². The van der Waals surface area contributed by atoms with E-state index in [2.05, 4.69) is 128 Å². The van der Waals surface area contributed by atoms with Crippen LogP contribution in [0.2, 0.25) is 33.2 Å². The summed E-state index contributed by atoms with van der Waals surface area (Å²) < 4.78 is 37.2. The molecule has 0 N–H and O–H groups in total. The zero-order chi connectivity index (χ0) is 33.6. The van der Waals surface area contributed by atoms with E-state index in [1.54, 1.807) is 12.1 Å². The first kappa shape index (κ1) is 36.0. The molecular formula is C37H61N3O2SSi2. The minimum Gasteiger partial charge on any atom is -0.376 e. The van der Waals surface area contributed by atoms with Crippen LogP contribution < -0.4 is 0 Å². The first-order chi connectivity index (χ1) is 21.0. The summed E-state index contributed by atoms with van der Waals surface area (Å²) in [6, 6.07) is 15.8. The van der Waals surface area contributed by atoms with Crippen molar-refractivity contribution in [3.63, 3.8) is 0 Å². The molecule has 0 saturated carbocycles. The highest BCUT2D eigenvalue weighted by molar-refractivity contribution is 7.89. The fourth-order valence-corrected chi connectivity index (χ4v) is 25.4. The van der Waals surface area contributed by atoms with E-state index < -0.39 is 26.5 Å². The molecule has 4 rings (SSSR count). The van der Waals surface area contributed by atoms with Crippen molar-refractivity contribution in [1.29, 1.82) is 0 Å². The molecule has 250 valence electrons. The van der Waals surface area contributed by atoms with E-state index in [4.69, 9.17) is 0 Å². The Morgan fingerprint density at radius 3 is 1.22 bits per heavy atom. The maximum Gasteiger partial charge on any atom is 0.244 e. The molecule has 2 aromatic heterocycles. The molecule has 3 heterocycles. The SMILES string of the molecule is Cc1ccc(S(=O)(=O)N2[C@@H](c3cccn3[Si](C(C)C)(C(C)C)C(C)C)CC[C@H]2c2cccn2[Si](C(C)C)(C(C)C)C(C)C)cc1. The van der Waals surface area contributed by atoms with Crippen LogP contribution in [0.5, 0.6) is 0 Å². The van der Waals surface area contributed by atoms with Gasteiger partial charge in [-0.25, -0.2) is 8.42 Å². The Morgan fingerprint density at radius 2 is 0.911 bits per heavy atom. The lowest BCUT2D eigenvalue weighted by Crippen LogP contribution is -2.53. The lowest BCUT2D eigenvalue weighted by Gasteiger charge is -2.47. The molecule has 5 nitrogen and oxygen atoms in total. The molecule has 1 fully saturated rings. The third kappa shape index (κ3) is 5.69. The molecule has 1 aromatic carbocycles. The fourth-order valence-electron chi connectivity index (χ4n) is 10.2. The van der Waals surface area contributed by atoms with E-state index in [1.165, 1.54) is 11.4 Å². The predicted molar refractivity (Wildman–Crippen MR) is 197 cm³/mol. The van der Waals surface area contributed by atoms with Gasteiger partial charge in [0.2, 0.25) is 10.0 Å². The summed E-state index contributed by atoms with van der Waals surface area (Å²) in [6.07, 6.45) is 6.18. The second-order valence-electron chi connectivity index (χ2n) is 15.6. The molecule has 0 aliphatic carbocycles. The normalized spacial score (nSPS) is 19.0. The summed E-state index contributed by atoms with van der Waals surface area (Å²) >= 11 is 0. The molecule has 8 heteroatoms. The fraction of sp³-hybridized carbons (Fsp3) is 0.622. The maximum atomic E-state index is 15.0. The van der Waals surface area contributed by atoms with Crippen LogP contribution in [0, 0.1) is 6.92 Å². The molecule has 3 aromatic rings. The van der Waals surface area contributed by atoms with Crippen molar-refractivity contribution >= 4 is 26.5 Å². The number of aromatic nitrogens is 2. The Morgan fingerprint density at radius 1 is 0.578 bits per heavy atom. The molecule has 2 atom stereocenters. The number of rotatable bonds is 12. The molecule has 0 spiro atoms. The standard InChI is InChI=1S/C37H61N3O2SSi2/c1-26(2)44(27(3)4,28(5)6)38-24-14-16-34(38)36-22-23-37(40(36)43(41,42)33-20-18-32(13)19-21-33)35-17-15-25-39(35)45(29(7)8,30(9)10)31(11)12/h14-21,24-31,36-37H,22-23H2,1-13H3/t36-,37+. The minimum absolute atomic E-state index is 0.226. The highest BCUT2D eigenvalue weighted by Crippen LogP contribution is 2.52. The largest absolute Gasteiger partial charge is 0.376 e. The highest BCUT2D eigenvalue weighted by Gasteiger charge is 2.52. The van der Waals surface area contributed by atoms with Gasteiger partial charge in [-0.2, -0.15) is 4.31 Å². The summed E-state index contributed by atoms with van der Waals surface area (Å²) in [5.41, 5.74) is 6.47. The van der Waals surface area contributed by atoms with Crippen molar-refractivity contribution in [2.45, 2.75) is 153 Å². The zero-order valence-electron chi connectivity index (χ0n) is 30.4. The lowest BCUT2D eigenvalue weighted by atomic mass is 10.1. The van der Waals surface area contributed by atoms with Gasteiger partial charge in [0.05, 0.1) is 17.0 Å². The number of aryl methyl sites for hydroxylation is 1. The smallest absolute Gasteiger partial charge is 0.244 e. The third-order valence-electron chi connectivity index (χ3n) is 11.6. The Bertz CT molecular complexity index is 1410. The van der Waals surface area contributed by atoms with Gasteiger partial charge in [0.1, 0.15) is 0 Å². The van der Waals surface area contributed by atoms with Crippen molar-refractivity contribution in [1.82, 2.24) is 12.8 Å². The van der Waals surface area contributed by atoms with Gasteiger partial charge in [-0.05, 0) is 102 Å². The van der Waals surface area contributed by atoms with Crippen LogP contribution in [0.1, 0.15) is 125 Å². The molecule has 0 amide bonds. The lowest BCUT2D eigenvalue weighted by molar-refractivity contribution is 0.318. The van der Waals surface area contributed by atoms with Gasteiger partial charge in [-0.15, -0.1) is 0 Å². The van der Waals surface area contributed by atoms with Crippen molar-refractivity contribution in [2.24, 2.45) is 0 Å². The number of sulfonamides is 1. The summed E-state index contributed by atoms with van der Waals surface area (Å²) in [5.74, 6) is 0. The summed E-state index contributed by atoms with van der Waals surface area (Å²) in [4.78, 5) is 0.390. The van der Waals surface area contributed by atoms with Crippen LogP contribution in [0.3, 0.4) is 0 Å². The first-order valence-electron chi connectivity index (χ1n) is 17.4. The Labute approximate surface area is 277 Å². The Hall–Kier alpha value is -1.88. The monoisotopic (exact) mass is 667 g/mol. The maximum absolute atomic E-state index is 15.0. The van der Waals surface area contributed by atoms with E-state index in [0.717, 1.165) is 18.4 Å². The van der Waals surface area contributed by atoms with Crippen LogP contribution in [-0.2, 0) is 10.0 Å². The molecule has 1 saturated heterocycles. The second-order valence-corrected chi connectivity index (χ2v) is 28.9. The predicted octanol–water partition coefficient (Wildman–Crippen LogP) is 10.9. The van der Waals surface area contributed by atoms with Gasteiger partial charge in [-0.1, -0.05) is 101 Å². The van der Waals surface area contributed by atoms with Crippen LogP contribution in [0.25, 0.3) is 0 Å². The van der Waals surface area contributed by atoms with Crippen molar-refractivity contribution in [2.75, 3.05) is 0 Å². The average Bonchev–Trinajstić information content (AvgIpc) is 3.68. The van der Waals surface area contributed by atoms with Gasteiger partial charge in [0, 0.05) is 11.4 Å². The van der Waals surface area contributed by atoms with E-state index in [-0.39, 0.29) is 12.1 Å². The van der Waals surface area contributed by atoms with Gasteiger partial charge in [0.25, 0.3) is 0 Å². The van der Waals surface area contributed by atoms with Gasteiger partial charge >= 0.3 is 0 Å². The summed E-state index contributed by atoms with van der Waals surface area (Å²) in [6.45, 7) is 30.6. The van der Waals surface area contributed by atoms with Crippen LogP contribution in [0.15, 0.2) is 65.8 Å². The van der Waals surface area contributed by atoms with E-state index >= 15 is 8.42 Å².